The second-order valence-electron chi connectivity index (χ2n) is 4.23. The minimum absolute atomic E-state index is 0.00995. The van der Waals surface area contributed by atoms with E-state index in [2.05, 4.69) is 10.3 Å². The first-order valence-corrected chi connectivity index (χ1v) is 6.59. The summed E-state index contributed by atoms with van der Waals surface area (Å²) in [5.74, 6) is -0.00995. The summed E-state index contributed by atoms with van der Waals surface area (Å²) in [6.07, 6.45) is 3.56. The summed E-state index contributed by atoms with van der Waals surface area (Å²) in [6, 6.07) is 0.142. The van der Waals surface area contributed by atoms with Crippen molar-refractivity contribution in [2.75, 3.05) is 12.8 Å². The van der Waals surface area contributed by atoms with E-state index >= 15 is 0 Å². The zero-order valence-corrected chi connectivity index (χ0v) is 10.6. The lowest BCUT2D eigenvalue weighted by Gasteiger charge is -2.19. The first-order valence-electron chi connectivity index (χ1n) is 5.71. The van der Waals surface area contributed by atoms with Gasteiger partial charge in [0, 0.05) is 12.5 Å². The number of anilines is 1. The largest absolute Gasteiger partial charge is 0.379 e. The van der Waals surface area contributed by atoms with Crippen LogP contribution in [0.3, 0.4) is 0 Å². The van der Waals surface area contributed by atoms with Gasteiger partial charge in [-0.05, 0) is 19.3 Å². The van der Waals surface area contributed by atoms with Crippen LogP contribution < -0.4 is 11.1 Å². The first-order chi connectivity index (χ1) is 8.19. The van der Waals surface area contributed by atoms with Crippen LogP contribution >= 0.6 is 11.3 Å². The molecule has 0 aromatic carbocycles. The van der Waals surface area contributed by atoms with Crippen molar-refractivity contribution < 1.29 is 9.53 Å². The van der Waals surface area contributed by atoms with Crippen LogP contribution in [0.15, 0.2) is 5.38 Å². The summed E-state index contributed by atoms with van der Waals surface area (Å²) in [6.45, 7) is 0. The molecule has 2 atom stereocenters. The van der Waals surface area contributed by atoms with Gasteiger partial charge in [0.05, 0.1) is 24.3 Å². The summed E-state index contributed by atoms with van der Waals surface area (Å²) in [5.41, 5.74) is 6.25. The lowest BCUT2D eigenvalue weighted by Crippen LogP contribution is -2.41. The van der Waals surface area contributed by atoms with E-state index in [4.69, 9.17) is 10.5 Å². The molecular weight excluding hydrogens is 238 g/mol. The topological polar surface area (TPSA) is 77.2 Å². The van der Waals surface area contributed by atoms with Crippen molar-refractivity contribution in [3.05, 3.63) is 11.1 Å². The molecular formula is C11H17N3O2S. The third kappa shape index (κ3) is 3.17. The maximum atomic E-state index is 11.8. The Balaban J connectivity index is 1.85. The molecule has 17 heavy (non-hydrogen) atoms. The number of rotatable bonds is 4. The molecule has 0 saturated heterocycles. The predicted octanol–water partition coefficient (Wildman–Crippen LogP) is 0.951. The van der Waals surface area contributed by atoms with Crippen molar-refractivity contribution in [1.82, 2.24) is 10.3 Å². The molecule has 1 saturated carbocycles. The molecule has 1 aromatic rings. The van der Waals surface area contributed by atoms with Gasteiger partial charge in [-0.25, -0.2) is 4.98 Å². The Hall–Kier alpha value is -1.14. The SMILES string of the molecule is COC1CCCC1NC(=O)Cc1csc(N)n1. The summed E-state index contributed by atoms with van der Waals surface area (Å²) in [7, 11) is 1.69. The molecule has 94 valence electrons. The molecule has 0 radical (unpaired) electrons. The van der Waals surface area contributed by atoms with E-state index in [1.54, 1.807) is 7.11 Å². The second kappa shape index (κ2) is 5.46. The van der Waals surface area contributed by atoms with Gasteiger partial charge in [0.25, 0.3) is 0 Å². The van der Waals surface area contributed by atoms with Crippen molar-refractivity contribution in [3.8, 4) is 0 Å². The molecule has 0 aliphatic heterocycles. The maximum absolute atomic E-state index is 11.8. The standard InChI is InChI=1S/C11H17N3O2S/c1-16-9-4-2-3-8(9)14-10(15)5-7-6-17-11(12)13-7/h6,8-9H,2-5H2,1H3,(H2,12,13)(H,14,15). The van der Waals surface area contributed by atoms with E-state index in [-0.39, 0.29) is 18.1 Å². The average Bonchev–Trinajstić information content (AvgIpc) is 2.87. The Kier molecular flexibility index (Phi) is 3.96. The number of carbonyl (C=O) groups excluding carboxylic acids is 1. The number of hydrogen-bond donors (Lipinski definition) is 2. The Labute approximate surface area is 104 Å². The van der Waals surface area contributed by atoms with Crippen LogP contribution in [0.4, 0.5) is 5.13 Å². The quantitative estimate of drug-likeness (QED) is 0.840. The highest BCUT2D eigenvalue weighted by molar-refractivity contribution is 7.13. The molecule has 1 fully saturated rings. The lowest BCUT2D eigenvalue weighted by atomic mass is 10.2. The monoisotopic (exact) mass is 255 g/mol. The fourth-order valence-corrected chi connectivity index (χ4v) is 2.76. The van der Waals surface area contributed by atoms with Crippen LogP contribution in [0, 0.1) is 0 Å². The second-order valence-corrected chi connectivity index (χ2v) is 5.12. The maximum Gasteiger partial charge on any atom is 0.226 e. The highest BCUT2D eigenvalue weighted by Crippen LogP contribution is 2.21. The van der Waals surface area contributed by atoms with Gasteiger partial charge in [0.15, 0.2) is 5.13 Å². The van der Waals surface area contributed by atoms with Crippen LogP contribution in [0.25, 0.3) is 0 Å². The highest BCUT2D eigenvalue weighted by Gasteiger charge is 2.28. The number of nitrogens with one attached hydrogen (secondary N) is 1. The number of thiazole rings is 1. The van der Waals surface area contributed by atoms with Crippen LogP contribution in [0.1, 0.15) is 25.0 Å². The van der Waals surface area contributed by atoms with Gasteiger partial charge in [-0.2, -0.15) is 0 Å². The van der Waals surface area contributed by atoms with Crippen molar-refractivity contribution in [2.45, 2.75) is 37.8 Å². The van der Waals surface area contributed by atoms with Crippen LogP contribution in [0.2, 0.25) is 0 Å². The Morgan fingerprint density at radius 2 is 2.53 bits per heavy atom. The molecule has 2 unspecified atom stereocenters. The molecule has 0 spiro atoms. The smallest absolute Gasteiger partial charge is 0.226 e. The van der Waals surface area contributed by atoms with Gasteiger partial charge >= 0.3 is 0 Å². The van der Waals surface area contributed by atoms with E-state index in [9.17, 15) is 4.79 Å². The Morgan fingerprint density at radius 1 is 1.71 bits per heavy atom. The lowest BCUT2D eigenvalue weighted by molar-refractivity contribution is -0.121. The predicted molar refractivity (Wildman–Crippen MR) is 66.8 cm³/mol. The number of nitrogens with two attached hydrogens (primary N) is 1. The van der Waals surface area contributed by atoms with Crippen LogP contribution in [-0.2, 0) is 16.0 Å². The van der Waals surface area contributed by atoms with Gasteiger partial charge in [-0.15, -0.1) is 11.3 Å². The van der Waals surface area contributed by atoms with Gasteiger partial charge in [0.2, 0.25) is 5.91 Å². The summed E-state index contributed by atoms with van der Waals surface area (Å²) in [4.78, 5) is 15.9. The van der Waals surface area contributed by atoms with Crippen LogP contribution in [-0.4, -0.2) is 30.1 Å². The minimum Gasteiger partial charge on any atom is -0.379 e. The number of aromatic nitrogens is 1. The number of carbonyl (C=O) groups is 1. The number of amides is 1. The third-order valence-electron chi connectivity index (χ3n) is 3.01. The molecule has 1 heterocycles. The molecule has 1 aromatic heterocycles. The fraction of sp³-hybridized carbons (Fsp3) is 0.636. The first kappa shape index (κ1) is 12.3. The molecule has 1 amide bonds. The van der Waals surface area contributed by atoms with E-state index in [1.807, 2.05) is 5.38 Å². The van der Waals surface area contributed by atoms with Crippen molar-refractivity contribution >= 4 is 22.4 Å². The van der Waals surface area contributed by atoms with Gasteiger partial charge in [-0.1, -0.05) is 0 Å². The molecule has 0 bridgehead atoms. The average molecular weight is 255 g/mol. The highest BCUT2D eigenvalue weighted by atomic mass is 32.1. The molecule has 5 nitrogen and oxygen atoms in total. The van der Waals surface area contributed by atoms with Gasteiger partial charge in [-0.3, -0.25) is 4.79 Å². The van der Waals surface area contributed by atoms with Crippen LogP contribution in [0.5, 0.6) is 0 Å². The summed E-state index contributed by atoms with van der Waals surface area (Å²) in [5, 5.41) is 5.32. The zero-order chi connectivity index (χ0) is 12.3. The molecule has 1 aliphatic rings. The Bertz CT molecular complexity index is 394. The van der Waals surface area contributed by atoms with E-state index in [0.29, 0.717) is 11.6 Å². The molecule has 3 N–H and O–H groups in total. The van der Waals surface area contributed by atoms with Crippen molar-refractivity contribution in [2.24, 2.45) is 0 Å². The van der Waals surface area contributed by atoms with Gasteiger partial charge in [0.1, 0.15) is 0 Å². The number of nitrogens with zero attached hydrogens (tertiary/aromatic N) is 1. The summed E-state index contributed by atoms with van der Waals surface area (Å²) < 4.78 is 5.33. The van der Waals surface area contributed by atoms with E-state index in [0.717, 1.165) is 25.0 Å². The molecule has 2 rings (SSSR count). The van der Waals surface area contributed by atoms with Gasteiger partial charge < -0.3 is 15.8 Å². The zero-order valence-electron chi connectivity index (χ0n) is 9.81. The molecule has 6 heteroatoms. The fourth-order valence-electron chi connectivity index (χ4n) is 2.20. The number of ether oxygens (including phenoxy) is 1. The van der Waals surface area contributed by atoms with Crippen molar-refractivity contribution in [3.63, 3.8) is 0 Å². The third-order valence-corrected chi connectivity index (χ3v) is 3.74. The normalized spacial score (nSPS) is 23.8. The molecule has 1 aliphatic carbocycles. The summed E-state index contributed by atoms with van der Waals surface area (Å²) >= 11 is 1.36. The Morgan fingerprint density at radius 3 is 3.18 bits per heavy atom. The van der Waals surface area contributed by atoms with Crippen molar-refractivity contribution in [1.29, 1.82) is 0 Å². The van der Waals surface area contributed by atoms with E-state index < -0.39 is 0 Å². The minimum atomic E-state index is -0.00995. The number of hydrogen-bond acceptors (Lipinski definition) is 5. The van der Waals surface area contributed by atoms with E-state index in [1.165, 1.54) is 11.3 Å². The number of nitrogen functional groups attached to an aromatic ring is 1. The number of methoxy groups -OCH3 is 1.